The van der Waals surface area contributed by atoms with Crippen molar-refractivity contribution in [2.45, 2.75) is 62.4 Å². The molecule has 1 aromatic rings. The molecule has 1 aliphatic carbocycles. The molecule has 2 bridgehead atoms. The summed E-state index contributed by atoms with van der Waals surface area (Å²) in [6, 6.07) is 10.6. The number of hydrogen-bond acceptors (Lipinski definition) is 6. The molecule has 2 amide bonds. The average molecular weight is 419 g/mol. The van der Waals surface area contributed by atoms with Crippen LogP contribution in [0.3, 0.4) is 0 Å². The summed E-state index contributed by atoms with van der Waals surface area (Å²) in [6.07, 6.45) is 2.47. The van der Waals surface area contributed by atoms with Crippen LogP contribution in [0.4, 0.5) is 0 Å². The predicted molar refractivity (Wildman–Crippen MR) is 111 cm³/mol. The Morgan fingerprint density at radius 3 is 2.81 bits per heavy atom. The number of piperidine rings is 1. The largest absolute Gasteiger partial charge is 0.330 e. The number of likely N-dealkylation sites (tertiary alicyclic amines) is 3. The van der Waals surface area contributed by atoms with Crippen molar-refractivity contribution in [2.75, 3.05) is 13.1 Å². The van der Waals surface area contributed by atoms with Gasteiger partial charge in [-0.15, -0.1) is 0 Å². The second-order valence-corrected chi connectivity index (χ2v) is 9.31. The van der Waals surface area contributed by atoms with Crippen molar-refractivity contribution in [1.29, 1.82) is 10.5 Å². The quantitative estimate of drug-likeness (QED) is 0.754. The number of carbonyl (C=O) groups is 2. The van der Waals surface area contributed by atoms with Gasteiger partial charge in [0.15, 0.2) is 0 Å². The van der Waals surface area contributed by atoms with Gasteiger partial charge in [0.2, 0.25) is 11.8 Å². The maximum Gasteiger partial charge on any atom is 0.242 e. The highest BCUT2D eigenvalue weighted by atomic mass is 16.2. The second kappa shape index (κ2) is 7.33. The molecule has 4 fully saturated rings. The van der Waals surface area contributed by atoms with Gasteiger partial charge < -0.3 is 15.5 Å². The van der Waals surface area contributed by atoms with Gasteiger partial charge >= 0.3 is 0 Å². The van der Waals surface area contributed by atoms with Crippen molar-refractivity contribution in [3.63, 3.8) is 0 Å². The smallest absolute Gasteiger partial charge is 0.242 e. The van der Waals surface area contributed by atoms with Crippen molar-refractivity contribution in [3.05, 3.63) is 35.4 Å². The van der Waals surface area contributed by atoms with E-state index in [0.717, 1.165) is 24.8 Å². The average Bonchev–Trinajstić information content (AvgIpc) is 3.11. The number of amides is 2. The first-order valence-electron chi connectivity index (χ1n) is 11.0. The molecule has 160 valence electrons. The van der Waals surface area contributed by atoms with E-state index in [2.05, 4.69) is 12.1 Å². The molecular weight excluding hydrogens is 392 g/mol. The minimum Gasteiger partial charge on any atom is -0.330 e. The SMILES string of the molecule is CC(c1cccc(C#N)c1)N1C(=O)[C@@H]2CC1CN2CC(N)C(=O)N1C(C#N)C[C@@H]2C[C@@H]21. The van der Waals surface area contributed by atoms with Gasteiger partial charge in [-0.05, 0) is 49.8 Å². The molecule has 3 aliphatic heterocycles. The monoisotopic (exact) mass is 418 g/mol. The van der Waals surface area contributed by atoms with Gasteiger partial charge in [0.1, 0.15) is 6.04 Å². The zero-order valence-electron chi connectivity index (χ0n) is 17.5. The van der Waals surface area contributed by atoms with E-state index in [1.54, 1.807) is 11.0 Å². The van der Waals surface area contributed by atoms with Gasteiger partial charge in [-0.3, -0.25) is 14.5 Å². The van der Waals surface area contributed by atoms with Crippen molar-refractivity contribution in [1.82, 2.24) is 14.7 Å². The highest BCUT2D eigenvalue weighted by molar-refractivity contribution is 5.87. The summed E-state index contributed by atoms with van der Waals surface area (Å²) in [5, 5.41) is 18.5. The Kier molecular flexibility index (Phi) is 4.73. The lowest BCUT2D eigenvalue weighted by atomic mass is 10.0. The van der Waals surface area contributed by atoms with Crippen LogP contribution in [0.1, 0.15) is 43.4 Å². The lowest BCUT2D eigenvalue weighted by molar-refractivity contribution is -0.141. The van der Waals surface area contributed by atoms with E-state index < -0.39 is 6.04 Å². The zero-order valence-corrected chi connectivity index (χ0v) is 17.5. The van der Waals surface area contributed by atoms with Gasteiger partial charge in [0.25, 0.3) is 0 Å². The molecule has 0 aromatic heterocycles. The van der Waals surface area contributed by atoms with E-state index in [1.807, 2.05) is 34.9 Å². The first-order chi connectivity index (χ1) is 14.9. The van der Waals surface area contributed by atoms with Gasteiger partial charge in [-0.25, -0.2) is 0 Å². The number of nitriles is 2. The summed E-state index contributed by atoms with van der Waals surface area (Å²) >= 11 is 0. The maximum atomic E-state index is 13.2. The molecule has 0 radical (unpaired) electrons. The van der Waals surface area contributed by atoms with Crippen LogP contribution in [0.5, 0.6) is 0 Å². The first kappa shape index (κ1) is 20.0. The number of fused-ring (bicyclic) bond motifs is 3. The molecule has 1 aromatic carbocycles. The number of hydrogen-bond donors (Lipinski definition) is 1. The minimum atomic E-state index is -0.722. The highest BCUT2D eigenvalue weighted by Gasteiger charge is 2.56. The molecule has 4 aliphatic rings. The van der Waals surface area contributed by atoms with E-state index in [4.69, 9.17) is 11.0 Å². The van der Waals surface area contributed by atoms with Crippen LogP contribution in [0.25, 0.3) is 0 Å². The molecule has 2 N–H and O–H groups in total. The van der Waals surface area contributed by atoms with Crippen LogP contribution >= 0.6 is 0 Å². The van der Waals surface area contributed by atoms with Gasteiger partial charge in [0, 0.05) is 25.2 Å². The van der Waals surface area contributed by atoms with E-state index in [0.29, 0.717) is 24.6 Å². The van der Waals surface area contributed by atoms with Gasteiger partial charge in [0.05, 0.1) is 35.8 Å². The van der Waals surface area contributed by atoms with E-state index in [-0.39, 0.29) is 42.0 Å². The third-order valence-electron chi connectivity index (χ3n) is 7.49. The van der Waals surface area contributed by atoms with Crippen LogP contribution in [0.2, 0.25) is 0 Å². The number of piperazine rings is 1. The molecule has 1 saturated carbocycles. The Labute approximate surface area is 181 Å². The Bertz CT molecular complexity index is 1010. The normalized spacial score (nSPS) is 33.0. The Morgan fingerprint density at radius 2 is 2.10 bits per heavy atom. The fourth-order valence-corrected chi connectivity index (χ4v) is 5.84. The summed E-state index contributed by atoms with van der Waals surface area (Å²) in [6.45, 7) is 3.02. The van der Waals surface area contributed by atoms with Crippen LogP contribution in [-0.4, -0.2) is 69.8 Å². The standard InChI is InChI=1S/C23H26N6O2/c1-13(15-4-2-3-14(5-15)9-24)28-18-8-21(23(28)31)27(11-18)12-19(26)22(30)29-17(10-25)6-16-7-20(16)29/h2-5,13,16-21H,6-8,11-12,26H2,1H3/t13?,16-,17?,18?,19?,20+,21+/m1/s1. The Balaban J connectivity index is 1.24. The van der Waals surface area contributed by atoms with Gasteiger partial charge in [-0.2, -0.15) is 10.5 Å². The minimum absolute atomic E-state index is 0.0593. The topological polar surface area (TPSA) is 117 Å². The van der Waals surface area contributed by atoms with Crippen molar-refractivity contribution in [2.24, 2.45) is 11.7 Å². The molecule has 4 unspecified atom stereocenters. The lowest BCUT2D eigenvalue weighted by Gasteiger charge is -2.38. The molecule has 7 atom stereocenters. The number of nitrogens with zero attached hydrogens (tertiary/aromatic N) is 5. The van der Waals surface area contributed by atoms with Crippen LogP contribution in [0.15, 0.2) is 24.3 Å². The van der Waals surface area contributed by atoms with E-state index in [9.17, 15) is 14.9 Å². The van der Waals surface area contributed by atoms with Crippen molar-refractivity contribution in [3.8, 4) is 12.1 Å². The molecule has 5 rings (SSSR count). The molecule has 8 nitrogen and oxygen atoms in total. The fourth-order valence-electron chi connectivity index (χ4n) is 5.84. The van der Waals surface area contributed by atoms with Crippen molar-refractivity contribution >= 4 is 11.8 Å². The summed E-state index contributed by atoms with van der Waals surface area (Å²) in [4.78, 5) is 31.8. The van der Waals surface area contributed by atoms with E-state index >= 15 is 0 Å². The number of nitrogens with two attached hydrogens (primary N) is 1. The molecule has 3 heterocycles. The zero-order chi connectivity index (χ0) is 21.9. The number of carbonyl (C=O) groups excluding carboxylic acids is 2. The number of benzene rings is 1. The summed E-state index contributed by atoms with van der Waals surface area (Å²) in [7, 11) is 0. The second-order valence-electron chi connectivity index (χ2n) is 9.31. The molecule has 0 spiro atoms. The van der Waals surface area contributed by atoms with Gasteiger partial charge in [-0.1, -0.05) is 12.1 Å². The predicted octanol–water partition coefficient (Wildman–Crippen LogP) is 0.745. The third kappa shape index (κ3) is 3.18. The van der Waals surface area contributed by atoms with Crippen LogP contribution in [0, 0.1) is 28.6 Å². The Morgan fingerprint density at radius 1 is 1.29 bits per heavy atom. The molecular formula is C23H26N6O2. The van der Waals surface area contributed by atoms with Crippen LogP contribution < -0.4 is 5.73 Å². The summed E-state index contributed by atoms with van der Waals surface area (Å²) < 4.78 is 0. The summed E-state index contributed by atoms with van der Waals surface area (Å²) in [5.41, 5.74) is 7.81. The molecule has 8 heteroatoms. The van der Waals surface area contributed by atoms with Crippen molar-refractivity contribution < 1.29 is 9.59 Å². The third-order valence-corrected chi connectivity index (χ3v) is 7.49. The maximum absolute atomic E-state index is 13.2. The van der Waals surface area contributed by atoms with Crippen LogP contribution in [-0.2, 0) is 9.59 Å². The highest BCUT2D eigenvalue weighted by Crippen LogP contribution is 2.48. The van der Waals surface area contributed by atoms with E-state index in [1.165, 1.54) is 0 Å². The fraction of sp³-hybridized carbons (Fsp3) is 0.565. The Hall–Kier alpha value is -2.94. The molecule has 31 heavy (non-hydrogen) atoms. The summed E-state index contributed by atoms with van der Waals surface area (Å²) in [5.74, 6) is 0.356. The molecule has 3 saturated heterocycles. The number of rotatable bonds is 5. The lowest BCUT2D eigenvalue weighted by Crippen LogP contribution is -2.57. The first-order valence-corrected chi connectivity index (χ1v) is 11.0.